The number of thiophene rings is 1. The summed E-state index contributed by atoms with van der Waals surface area (Å²) in [6.45, 7) is 3.32. The van der Waals surface area contributed by atoms with Crippen LogP contribution in [0.1, 0.15) is 11.3 Å². The minimum absolute atomic E-state index is 0.0625. The molecule has 0 saturated carbocycles. The molecule has 1 N–H and O–H groups in total. The number of nitrogens with one attached hydrogen (secondary N) is 1. The lowest BCUT2D eigenvalue weighted by Gasteiger charge is -2.29. The average molecular weight is 316 g/mol. The first-order valence-corrected chi connectivity index (χ1v) is 8.44. The molecule has 1 aliphatic rings. The van der Waals surface area contributed by atoms with Crippen LogP contribution < -0.4 is 10.2 Å². The molecule has 1 amide bonds. The molecule has 0 aliphatic carbocycles. The van der Waals surface area contributed by atoms with E-state index >= 15 is 0 Å². The maximum Gasteiger partial charge on any atom is 0.224 e. The molecule has 4 nitrogen and oxygen atoms in total. The summed E-state index contributed by atoms with van der Waals surface area (Å²) in [5.74, 6) is 0.0625. The second-order valence-corrected chi connectivity index (χ2v) is 6.31. The molecule has 0 bridgehead atoms. The van der Waals surface area contributed by atoms with Gasteiger partial charge in [-0.05, 0) is 36.1 Å². The lowest BCUT2D eigenvalue weighted by molar-refractivity contribution is -0.116. The van der Waals surface area contributed by atoms with E-state index in [2.05, 4.69) is 22.3 Å². The molecule has 116 valence electrons. The largest absolute Gasteiger partial charge is 0.378 e. The summed E-state index contributed by atoms with van der Waals surface area (Å²) in [6, 6.07) is 12.1. The minimum Gasteiger partial charge on any atom is -0.378 e. The van der Waals surface area contributed by atoms with E-state index in [1.54, 1.807) is 11.3 Å². The number of morpholine rings is 1. The number of ether oxygens (including phenoxy) is 1. The van der Waals surface area contributed by atoms with Crippen LogP contribution in [0.2, 0.25) is 0 Å². The highest BCUT2D eigenvalue weighted by Gasteiger charge is 2.12. The van der Waals surface area contributed by atoms with Crippen LogP contribution >= 0.6 is 11.3 Å². The SMILES string of the molecule is O=C(CCc1cccs1)Nc1cccc(N2CCOCC2)c1. The Morgan fingerprint density at radius 1 is 1.23 bits per heavy atom. The summed E-state index contributed by atoms with van der Waals surface area (Å²) in [6.07, 6.45) is 1.31. The number of carbonyl (C=O) groups is 1. The number of benzene rings is 1. The summed E-state index contributed by atoms with van der Waals surface area (Å²) in [5, 5.41) is 5.03. The molecule has 1 fully saturated rings. The van der Waals surface area contributed by atoms with Crippen LogP contribution in [0.5, 0.6) is 0 Å². The van der Waals surface area contributed by atoms with Crippen molar-refractivity contribution in [2.45, 2.75) is 12.8 Å². The van der Waals surface area contributed by atoms with Crippen LogP contribution in [-0.2, 0) is 16.0 Å². The van der Waals surface area contributed by atoms with Gasteiger partial charge in [-0.15, -0.1) is 11.3 Å². The van der Waals surface area contributed by atoms with Gasteiger partial charge in [0.15, 0.2) is 0 Å². The first-order valence-electron chi connectivity index (χ1n) is 7.56. The van der Waals surface area contributed by atoms with Gasteiger partial charge < -0.3 is 15.0 Å². The summed E-state index contributed by atoms with van der Waals surface area (Å²) in [5.41, 5.74) is 2.00. The molecule has 0 unspecified atom stereocenters. The molecule has 1 aromatic heterocycles. The average Bonchev–Trinajstić information content (AvgIpc) is 3.08. The predicted octanol–water partition coefficient (Wildman–Crippen LogP) is 3.16. The van der Waals surface area contributed by atoms with Crippen LogP contribution in [0, 0.1) is 0 Å². The molecule has 1 aromatic carbocycles. The second kappa shape index (κ2) is 7.42. The normalized spacial score (nSPS) is 14.8. The number of carbonyl (C=O) groups excluding carboxylic acids is 1. The van der Waals surface area contributed by atoms with Crippen molar-refractivity contribution < 1.29 is 9.53 Å². The molecule has 0 atom stereocenters. The van der Waals surface area contributed by atoms with E-state index in [1.165, 1.54) is 4.88 Å². The second-order valence-electron chi connectivity index (χ2n) is 5.28. The summed E-state index contributed by atoms with van der Waals surface area (Å²) >= 11 is 1.69. The molecule has 3 rings (SSSR count). The van der Waals surface area contributed by atoms with Gasteiger partial charge in [-0.25, -0.2) is 0 Å². The highest BCUT2D eigenvalue weighted by Crippen LogP contribution is 2.21. The van der Waals surface area contributed by atoms with Gasteiger partial charge in [0.25, 0.3) is 0 Å². The topological polar surface area (TPSA) is 41.6 Å². The molecule has 2 aromatic rings. The number of aryl methyl sites for hydroxylation is 1. The van der Waals surface area contributed by atoms with Crippen molar-refractivity contribution in [2.75, 3.05) is 36.5 Å². The van der Waals surface area contributed by atoms with Crippen molar-refractivity contribution in [3.05, 3.63) is 46.7 Å². The number of hydrogen-bond donors (Lipinski definition) is 1. The van der Waals surface area contributed by atoms with Crippen molar-refractivity contribution in [1.29, 1.82) is 0 Å². The van der Waals surface area contributed by atoms with Gasteiger partial charge >= 0.3 is 0 Å². The Bertz CT molecular complexity index is 607. The van der Waals surface area contributed by atoms with E-state index in [0.29, 0.717) is 6.42 Å². The van der Waals surface area contributed by atoms with Crippen molar-refractivity contribution in [2.24, 2.45) is 0 Å². The third-order valence-corrected chi connectivity index (χ3v) is 4.62. The zero-order valence-electron chi connectivity index (χ0n) is 12.5. The molecule has 0 spiro atoms. The molecule has 1 aliphatic heterocycles. The Morgan fingerprint density at radius 3 is 2.86 bits per heavy atom. The molecular formula is C17H20N2O2S. The number of amides is 1. The van der Waals surface area contributed by atoms with Crippen molar-refractivity contribution >= 4 is 28.6 Å². The maximum absolute atomic E-state index is 12.1. The summed E-state index contributed by atoms with van der Waals surface area (Å²) < 4.78 is 5.37. The lowest BCUT2D eigenvalue weighted by atomic mass is 10.2. The Morgan fingerprint density at radius 2 is 2.09 bits per heavy atom. The van der Waals surface area contributed by atoms with Crippen LogP contribution in [-0.4, -0.2) is 32.2 Å². The van der Waals surface area contributed by atoms with Gasteiger partial charge in [-0.1, -0.05) is 12.1 Å². The van der Waals surface area contributed by atoms with Crippen LogP contribution in [0.15, 0.2) is 41.8 Å². The Balaban J connectivity index is 1.56. The quantitative estimate of drug-likeness (QED) is 0.921. The van der Waals surface area contributed by atoms with E-state index < -0.39 is 0 Å². The Hall–Kier alpha value is -1.85. The van der Waals surface area contributed by atoms with Crippen molar-refractivity contribution in [1.82, 2.24) is 0 Å². The van der Waals surface area contributed by atoms with E-state index in [0.717, 1.165) is 44.1 Å². The van der Waals surface area contributed by atoms with Crippen molar-refractivity contribution in [3.8, 4) is 0 Å². The molecule has 22 heavy (non-hydrogen) atoms. The molecule has 0 radical (unpaired) electrons. The van der Waals surface area contributed by atoms with Gasteiger partial charge in [0.2, 0.25) is 5.91 Å². The summed E-state index contributed by atoms with van der Waals surface area (Å²) in [4.78, 5) is 15.6. The van der Waals surface area contributed by atoms with E-state index in [1.807, 2.05) is 29.6 Å². The monoisotopic (exact) mass is 316 g/mol. The van der Waals surface area contributed by atoms with Gasteiger partial charge in [-0.3, -0.25) is 4.79 Å². The fourth-order valence-corrected chi connectivity index (χ4v) is 3.23. The standard InChI is InChI=1S/C17H20N2O2S/c20-17(7-6-16-5-2-12-22-16)18-14-3-1-4-15(13-14)19-8-10-21-11-9-19/h1-5,12-13H,6-11H2,(H,18,20). The zero-order valence-corrected chi connectivity index (χ0v) is 13.3. The molecule has 1 saturated heterocycles. The highest BCUT2D eigenvalue weighted by molar-refractivity contribution is 7.09. The van der Waals surface area contributed by atoms with Gasteiger partial charge in [-0.2, -0.15) is 0 Å². The van der Waals surface area contributed by atoms with E-state index in [-0.39, 0.29) is 5.91 Å². The number of rotatable bonds is 5. The van der Waals surface area contributed by atoms with Crippen LogP contribution in [0.3, 0.4) is 0 Å². The Kier molecular flexibility index (Phi) is 5.08. The zero-order chi connectivity index (χ0) is 15.2. The number of hydrogen-bond acceptors (Lipinski definition) is 4. The predicted molar refractivity (Wildman–Crippen MR) is 90.7 cm³/mol. The first-order chi connectivity index (χ1) is 10.8. The number of anilines is 2. The van der Waals surface area contributed by atoms with Gasteiger partial charge in [0.1, 0.15) is 0 Å². The van der Waals surface area contributed by atoms with Gasteiger partial charge in [0, 0.05) is 35.8 Å². The first kappa shape index (κ1) is 15.1. The fourth-order valence-electron chi connectivity index (χ4n) is 2.52. The molecule has 2 heterocycles. The highest BCUT2D eigenvalue weighted by atomic mass is 32.1. The van der Waals surface area contributed by atoms with Crippen LogP contribution in [0.25, 0.3) is 0 Å². The van der Waals surface area contributed by atoms with Crippen LogP contribution in [0.4, 0.5) is 11.4 Å². The smallest absolute Gasteiger partial charge is 0.224 e. The number of nitrogens with zero attached hydrogens (tertiary/aromatic N) is 1. The summed E-state index contributed by atoms with van der Waals surface area (Å²) in [7, 11) is 0. The van der Waals surface area contributed by atoms with E-state index in [9.17, 15) is 4.79 Å². The van der Waals surface area contributed by atoms with Crippen molar-refractivity contribution in [3.63, 3.8) is 0 Å². The van der Waals surface area contributed by atoms with E-state index in [4.69, 9.17) is 4.74 Å². The van der Waals surface area contributed by atoms with Gasteiger partial charge in [0.05, 0.1) is 13.2 Å². The maximum atomic E-state index is 12.1. The minimum atomic E-state index is 0.0625. The third kappa shape index (κ3) is 4.08. The molecule has 5 heteroatoms. The third-order valence-electron chi connectivity index (χ3n) is 3.68. The molecular weight excluding hydrogens is 296 g/mol. The Labute approximate surface area is 134 Å². The lowest BCUT2D eigenvalue weighted by Crippen LogP contribution is -2.36. The fraction of sp³-hybridized carbons (Fsp3) is 0.353.